The van der Waals surface area contributed by atoms with Crippen LogP contribution in [-0.2, 0) is 9.13 Å². The van der Waals surface area contributed by atoms with E-state index in [-0.39, 0.29) is 113 Å². The van der Waals surface area contributed by atoms with Crippen LogP contribution in [0.15, 0.2) is 0 Å². The van der Waals surface area contributed by atoms with Crippen LogP contribution in [0.25, 0.3) is 0 Å². The second-order valence-corrected chi connectivity index (χ2v) is 8.78. The zero-order valence-corrected chi connectivity index (χ0v) is 28.3. The summed E-state index contributed by atoms with van der Waals surface area (Å²) in [6.45, 7) is 3.16. The van der Waals surface area contributed by atoms with Crippen LogP contribution >= 0.6 is 15.6 Å². The van der Waals surface area contributed by atoms with Crippen molar-refractivity contribution in [2.45, 2.75) is 110 Å². The molecule has 0 amide bonds. The van der Waals surface area contributed by atoms with Gasteiger partial charge in [-0.3, -0.25) is 0 Å². The van der Waals surface area contributed by atoms with Crippen molar-refractivity contribution in [3.63, 3.8) is 0 Å². The van der Waals surface area contributed by atoms with Gasteiger partial charge in [0.25, 0.3) is 0 Å². The predicted molar refractivity (Wildman–Crippen MR) is 121 cm³/mol. The molecule has 0 aromatic rings. The third-order valence-electron chi connectivity index (χ3n) is 4.06. The van der Waals surface area contributed by atoms with Gasteiger partial charge in [0.2, 0.25) is 0 Å². The van der Waals surface area contributed by atoms with Crippen LogP contribution in [0.3, 0.4) is 0 Å². The normalized spacial score (nSPS) is 10.2. The molecule has 0 aromatic heterocycles. The van der Waals surface area contributed by atoms with Gasteiger partial charge in [-0.05, 0) is 13.0 Å². The fraction of sp³-hybridized carbons (Fsp3) is 1.00. The molecule has 0 unspecified atom stereocenters. The van der Waals surface area contributed by atoms with E-state index in [1.165, 1.54) is 103 Å². The smallest absolute Gasteiger partial charge is 0.822 e. The van der Waals surface area contributed by atoms with Gasteiger partial charge in [0, 0.05) is 0 Å². The zero-order valence-electron chi connectivity index (χ0n) is 19.9. The van der Waals surface area contributed by atoms with Gasteiger partial charge in [-0.25, -0.2) is 0 Å². The van der Waals surface area contributed by atoms with Gasteiger partial charge in [0.1, 0.15) is 0 Å². The van der Waals surface area contributed by atoms with Crippen molar-refractivity contribution in [3.8, 4) is 0 Å². The molecule has 0 aliphatic rings. The second kappa shape index (κ2) is 37.1. The van der Waals surface area contributed by atoms with Crippen molar-refractivity contribution >= 4 is 129 Å². The second-order valence-electron chi connectivity index (χ2n) is 6.99. The Labute approximate surface area is 285 Å². The summed E-state index contributed by atoms with van der Waals surface area (Å²) >= 11 is 0. The number of phosphoric acid groups is 2. The largest absolute Gasteiger partial charge is 2.00 e. The molecule has 0 rings (SSSR count). The molecule has 14 heteroatoms. The quantitative estimate of drug-likeness (QED) is 0.141. The molecule has 9 nitrogen and oxygen atoms in total. The van der Waals surface area contributed by atoms with Crippen LogP contribution in [0.5, 0.6) is 0 Å². The van der Waals surface area contributed by atoms with Gasteiger partial charge in [0.15, 0.2) is 0 Å². The summed E-state index contributed by atoms with van der Waals surface area (Å²) in [7, 11) is -10.8. The monoisotopic (exact) mass is 579 g/mol. The molecule has 0 atom stereocenters. The van der Waals surface area contributed by atoms with Crippen LogP contribution in [0.1, 0.15) is 110 Å². The minimum atomic E-state index is -5.39. The van der Waals surface area contributed by atoms with Gasteiger partial charge < -0.3 is 44.2 Å². The molecule has 32 heavy (non-hydrogen) atoms. The van der Waals surface area contributed by atoms with Crippen molar-refractivity contribution in [2.24, 2.45) is 5.73 Å². The first-order valence-electron chi connectivity index (χ1n) is 10.6. The third kappa shape index (κ3) is 92.6. The number of hydrogen-bond acceptors (Lipinski definition) is 9. The first-order valence-corrected chi connectivity index (χ1v) is 13.5. The van der Waals surface area contributed by atoms with E-state index >= 15 is 0 Å². The Bertz CT molecular complexity index is 363. The van der Waals surface area contributed by atoms with Gasteiger partial charge in [0.05, 0.1) is 0 Å². The van der Waals surface area contributed by atoms with Gasteiger partial charge in [-0.2, -0.15) is 15.6 Å². The maximum absolute atomic E-state index is 8.55. The summed E-state index contributed by atoms with van der Waals surface area (Å²) in [5, 5.41) is 0. The van der Waals surface area contributed by atoms with Crippen molar-refractivity contribution in [1.29, 1.82) is 0 Å². The molecule has 0 saturated heterocycles. The Hall–Kier alpha value is 3.96. The van der Waals surface area contributed by atoms with Crippen molar-refractivity contribution < 1.29 is 38.5 Å². The molecule has 0 heterocycles. The first kappa shape index (κ1) is 49.0. The molecule has 0 spiro atoms. The number of unbranched alkanes of at least 4 members (excludes halogenated alkanes) is 15. The molecular formula is C18H39Ca3NO8P2. The molecule has 0 bridgehead atoms. The Morgan fingerprint density at radius 2 is 0.625 bits per heavy atom. The molecular weight excluding hydrogens is 540 g/mol. The van der Waals surface area contributed by atoms with Crippen molar-refractivity contribution in [3.05, 3.63) is 0 Å². The zero-order chi connectivity index (χ0) is 23.0. The van der Waals surface area contributed by atoms with E-state index in [0.29, 0.717) is 0 Å². The number of nitrogens with two attached hydrogens (primary N) is 1. The number of hydrogen-bond donors (Lipinski definition) is 1. The van der Waals surface area contributed by atoms with E-state index < -0.39 is 15.6 Å². The molecule has 2 N–H and O–H groups in total. The summed E-state index contributed by atoms with van der Waals surface area (Å²) in [6, 6.07) is 0. The van der Waals surface area contributed by atoms with Crippen LogP contribution in [0, 0.1) is 0 Å². The Kier molecular flexibility index (Phi) is 56.8. The number of rotatable bonds is 16. The minimum Gasteiger partial charge on any atom is -0.822 e. The molecule has 0 aromatic carbocycles. The van der Waals surface area contributed by atoms with Crippen LogP contribution < -0.4 is 35.1 Å². The predicted octanol–water partition coefficient (Wildman–Crippen LogP) is -0.585. The first-order chi connectivity index (χ1) is 13.4. The van der Waals surface area contributed by atoms with Crippen LogP contribution in [0.2, 0.25) is 0 Å². The standard InChI is InChI=1S/C18H39N.3Ca.2H3O4P/c1-2-3-4-5-6-7-8-9-10-11-12-13-14-15-16-17-18-19;;;;2*1-5(2,3)4/h2-19H2,1H3;;;;2*(H3,1,2,3,4)/q;3*+2;;/p-6. The molecule has 0 fully saturated rings. The van der Waals surface area contributed by atoms with Crippen molar-refractivity contribution in [2.75, 3.05) is 6.54 Å². The average molecular weight is 580 g/mol. The van der Waals surface area contributed by atoms with Crippen LogP contribution in [-0.4, -0.2) is 120 Å². The van der Waals surface area contributed by atoms with Gasteiger partial charge in [-0.15, -0.1) is 0 Å². The third-order valence-corrected chi connectivity index (χ3v) is 4.06. The summed E-state index contributed by atoms with van der Waals surface area (Å²) in [5.41, 5.74) is 5.48. The molecule has 0 radical (unpaired) electrons. The van der Waals surface area contributed by atoms with E-state index in [1.807, 2.05) is 0 Å². The van der Waals surface area contributed by atoms with Gasteiger partial charge in [-0.1, -0.05) is 103 Å². The van der Waals surface area contributed by atoms with E-state index in [2.05, 4.69) is 6.92 Å². The van der Waals surface area contributed by atoms with Crippen LogP contribution in [0.4, 0.5) is 0 Å². The topological polar surface area (TPSA) is 199 Å². The fourth-order valence-corrected chi connectivity index (χ4v) is 2.69. The summed E-state index contributed by atoms with van der Waals surface area (Å²) in [5.74, 6) is 0. The Morgan fingerprint density at radius 1 is 0.469 bits per heavy atom. The molecule has 0 saturated carbocycles. The summed E-state index contributed by atoms with van der Waals surface area (Å²) in [4.78, 5) is 51.3. The van der Waals surface area contributed by atoms with Gasteiger partial charge >= 0.3 is 113 Å². The fourth-order valence-electron chi connectivity index (χ4n) is 2.69. The maximum Gasteiger partial charge on any atom is 2.00 e. The SMILES string of the molecule is CCCCCCCCCCCCCCCCCCN.O=P([O-])([O-])[O-].O=P([O-])([O-])[O-].[Ca+2].[Ca+2].[Ca+2]. The van der Waals surface area contributed by atoms with E-state index in [4.69, 9.17) is 44.2 Å². The van der Waals surface area contributed by atoms with E-state index in [0.717, 1.165) is 6.54 Å². The molecule has 0 aliphatic carbocycles. The van der Waals surface area contributed by atoms with Crippen molar-refractivity contribution in [1.82, 2.24) is 0 Å². The molecule has 180 valence electrons. The summed E-state index contributed by atoms with van der Waals surface area (Å²) in [6.07, 6.45) is 22.9. The van der Waals surface area contributed by atoms with E-state index in [1.54, 1.807) is 0 Å². The Morgan fingerprint density at radius 3 is 0.781 bits per heavy atom. The molecule has 0 aliphatic heterocycles. The van der Waals surface area contributed by atoms with E-state index in [9.17, 15) is 0 Å². The average Bonchev–Trinajstić information content (AvgIpc) is 2.55. The summed E-state index contributed by atoms with van der Waals surface area (Å²) < 4.78 is 17.1. The maximum atomic E-state index is 8.55. The Balaban J connectivity index is -0.000000109. The minimum absolute atomic E-state index is 0.